The Balaban J connectivity index is 0.000000183. The number of rotatable bonds is 2. The number of aliphatic hydroxyl groups is 4. The molecule has 2 aliphatic heterocycles. The van der Waals surface area contributed by atoms with E-state index in [1.807, 2.05) is 25.7 Å². The molecule has 2 heterocycles. The molecule has 424 valence electrons. The first-order valence-corrected chi connectivity index (χ1v) is 28.6. The van der Waals surface area contributed by atoms with Crippen molar-refractivity contribution in [3.8, 4) is 0 Å². The molecule has 10 aliphatic carbocycles. The number of amides is 1. The molecule has 6 N–H and O–H groups in total. The van der Waals surface area contributed by atoms with Crippen LogP contribution in [0.25, 0.3) is 0 Å². The highest BCUT2D eigenvalue weighted by Crippen LogP contribution is 2.77. The molecule has 0 bridgehead atoms. The highest BCUT2D eigenvalue weighted by molar-refractivity contribution is 6.07. The van der Waals surface area contributed by atoms with Crippen LogP contribution in [0, 0.1) is 66.0 Å². The summed E-state index contributed by atoms with van der Waals surface area (Å²) in [6, 6.07) is 0. The summed E-state index contributed by atoms with van der Waals surface area (Å²) in [4.78, 5) is 53.0. The topological polar surface area (TPSA) is 185 Å². The second-order valence-electron chi connectivity index (χ2n) is 28.7. The fraction of sp³-hybridized carbons (Fsp3) is 0.692. The molecule has 12 heteroatoms. The summed E-state index contributed by atoms with van der Waals surface area (Å²) >= 11 is 0. The van der Waals surface area contributed by atoms with Gasteiger partial charge in [-0.15, -0.1) is 12.4 Å². The molecule has 6 saturated carbocycles. The smallest absolute Gasteiger partial charge is 0.309 e. The van der Waals surface area contributed by atoms with E-state index in [1.54, 1.807) is 12.2 Å². The summed E-state index contributed by atoms with van der Waals surface area (Å²) in [5.41, 5.74) is 7.13. The van der Waals surface area contributed by atoms with Gasteiger partial charge in [0.25, 0.3) is 0 Å². The molecule has 11 nitrogen and oxygen atoms in total. The molecular weight excluding hydrogens is 988 g/mol. The van der Waals surface area contributed by atoms with Gasteiger partial charge < -0.3 is 35.7 Å². The van der Waals surface area contributed by atoms with Gasteiger partial charge in [0.05, 0.1) is 17.6 Å². The van der Waals surface area contributed by atoms with Crippen LogP contribution in [0.15, 0.2) is 92.6 Å². The van der Waals surface area contributed by atoms with Gasteiger partial charge in [-0.2, -0.15) is 0 Å². The Bertz CT molecular complexity index is 2820. The number of aliphatic carboxylic acids is 1. The number of carboxylic acid groups (broad SMARTS) is 1. The van der Waals surface area contributed by atoms with Crippen LogP contribution in [0.3, 0.4) is 0 Å². The van der Waals surface area contributed by atoms with Crippen molar-refractivity contribution < 1.29 is 44.7 Å². The van der Waals surface area contributed by atoms with E-state index in [0.717, 1.165) is 125 Å². The summed E-state index contributed by atoms with van der Waals surface area (Å²) in [5, 5.41) is 51.8. The van der Waals surface area contributed by atoms with Gasteiger partial charge in [-0.1, -0.05) is 105 Å². The van der Waals surface area contributed by atoms with Crippen LogP contribution >= 0.6 is 12.4 Å². The van der Waals surface area contributed by atoms with Gasteiger partial charge in [-0.3, -0.25) is 19.2 Å². The second kappa shape index (κ2) is 19.0. The lowest BCUT2D eigenvalue weighted by atomic mass is 9.34. The van der Waals surface area contributed by atoms with Gasteiger partial charge in [0.15, 0.2) is 11.5 Å². The maximum absolute atomic E-state index is 13.6. The number of nitrogens with zero attached hydrogens (tertiary/aromatic N) is 1. The quantitative estimate of drug-likeness (QED) is 0.156. The highest BCUT2D eigenvalue weighted by Gasteiger charge is 2.69. The van der Waals surface area contributed by atoms with Crippen molar-refractivity contribution in [3.63, 3.8) is 0 Å². The fourth-order valence-corrected chi connectivity index (χ4v) is 18.6. The van der Waals surface area contributed by atoms with Crippen molar-refractivity contribution in [1.82, 2.24) is 10.2 Å². The summed E-state index contributed by atoms with van der Waals surface area (Å²) < 4.78 is 0. The molecule has 0 radical (unpaired) electrons. The normalized spacial score (nSPS) is 43.6. The first-order chi connectivity index (χ1) is 34.8. The summed E-state index contributed by atoms with van der Waals surface area (Å²) in [5.74, 6) is -0.483. The van der Waals surface area contributed by atoms with Crippen molar-refractivity contribution in [2.24, 2.45) is 66.0 Å². The molecule has 0 aromatic rings. The number of allylic oxidation sites excluding steroid dienone is 14. The van der Waals surface area contributed by atoms with Gasteiger partial charge in [-0.05, 0) is 189 Å². The third-order valence-corrected chi connectivity index (χ3v) is 24.7. The lowest BCUT2D eigenvalue weighted by molar-refractivity contribution is -0.179. The number of nitrogens with one attached hydrogen (secondary N) is 1. The van der Waals surface area contributed by atoms with Crippen LogP contribution in [0.2, 0.25) is 0 Å². The number of carbonyl (C=O) groups is 4. The number of carbonyl (C=O) groups excluding carboxylic acids is 3. The van der Waals surface area contributed by atoms with Crippen LogP contribution < -0.4 is 5.32 Å². The molecule has 0 aromatic heterocycles. The largest absolute Gasteiger partial charge is 0.504 e. The molecule has 8 fully saturated rings. The minimum Gasteiger partial charge on any atom is -0.504 e. The van der Waals surface area contributed by atoms with E-state index in [1.165, 1.54) is 11.1 Å². The number of halogens is 1. The zero-order chi connectivity index (χ0) is 54.6. The molecule has 2 saturated heterocycles. The lowest BCUT2D eigenvalue weighted by Crippen LogP contribution is -2.64. The van der Waals surface area contributed by atoms with Crippen molar-refractivity contribution >= 4 is 35.9 Å². The van der Waals surface area contributed by atoms with E-state index in [2.05, 4.69) is 91.9 Å². The Kier molecular flexibility index (Phi) is 14.6. The summed E-state index contributed by atoms with van der Waals surface area (Å²) in [7, 11) is 0. The van der Waals surface area contributed by atoms with Crippen LogP contribution in [-0.4, -0.2) is 92.3 Å². The zero-order valence-electron chi connectivity index (χ0n) is 47.7. The molecule has 77 heavy (non-hydrogen) atoms. The molecule has 0 unspecified atom stereocenters. The number of fused-ring (bicyclic) bond motifs is 14. The van der Waals surface area contributed by atoms with Gasteiger partial charge in [0.2, 0.25) is 17.5 Å². The Hall–Kier alpha value is -4.03. The summed E-state index contributed by atoms with van der Waals surface area (Å²) in [6.45, 7) is 29.6. The number of ketones is 2. The lowest BCUT2D eigenvalue weighted by Gasteiger charge is -2.70. The molecule has 12 atom stereocenters. The van der Waals surface area contributed by atoms with Crippen LogP contribution in [0.5, 0.6) is 0 Å². The van der Waals surface area contributed by atoms with E-state index in [4.69, 9.17) is 5.11 Å². The SMILES string of the molecule is C.CC1=C(O)C(=O)C=C2C1=CC=C1[C@@]2(C)CC[C@@]2(C)[C@@H]3C[C@](C)(C(=O)N4CC(O)C4)CC[C@]3(C)CC[C@]12C.CC1=C(O)C(=O)C=C2C1=CC=C1[C@@]2(C)CC[C@@]2(C)[C@@H]3C[C@](C)(C(=O)O)CC[C@]3(C)CC[C@]12C.Cl.OC1CNC1. The minimum atomic E-state index is -0.655. The Morgan fingerprint density at radius 2 is 0.935 bits per heavy atom. The Morgan fingerprint density at radius 1 is 0.558 bits per heavy atom. The van der Waals surface area contributed by atoms with Gasteiger partial charge in [0.1, 0.15) is 0 Å². The zero-order valence-corrected chi connectivity index (χ0v) is 48.5. The standard InChI is InChI=1S/C32H43NO4.C29H38O4.C3H7NO.CH4.ClH/c1-19-21-7-8-24-30(4,22(21)15-23(35)26(19)36)12-14-32(6)25-16-29(3,27(37)33-17-20(34)18-33)10-9-28(25,2)11-13-31(24,32)5;1-17-18-7-8-21-27(4,19(18)15-20(30)23(17)31)12-14-29(6)22-16-26(3,24(32)33)10-9-25(22,2)11-13-28(21,29)5;5-3-1-4-2-3;;/h7-8,15,20,25,34,36H,9-14,16-18H2,1-6H3;7-8,15,22,31H,9-14,16H2,1-6H3,(H,32,33);3-5H,1-2H2;1H4;1H/t25-,28-,29-,30+,31-,32+;22-,25-,26-,27+,28-,29+;;;/m11.../s1. The van der Waals surface area contributed by atoms with Crippen molar-refractivity contribution in [2.75, 3.05) is 26.2 Å². The van der Waals surface area contributed by atoms with E-state index < -0.39 is 11.4 Å². The third-order valence-electron chi connectivity index (χ3n) is 24.7. The Labute approximate surface area is 466 Å². The first-order valence-electron chi connectivity index (χ1n) is 28.6. The number of likely N-dealkylation sites (tertiary alicyclic amines) is 1. The third kappa shape index (κ3) is 8.31. The van der Waals surface area contributed by atoms with Crippen molar-refractivity contribution in [1.29, 1.82) is 0 Å². The maximum atomic E-state index is 13.6. The minimum absolute atomic E-state index is 0. The fourth-order valence-electron chi connectivity index (χ4n) is 18.6. The molecule has 12 aliphatic rings. The predicted octanol–water partition coefficient (Wildman–Crippen LogP) is 12.5. The van der Waals surface area contributed by atoms with Gasteiger partial charge in [-0.25, -0.2) is 0 Å². The number of aliphatic hydroxyl groups excluding tert-OH is 4. The number of hydrogen-bond acceptors (Lipinski definition) is 9. The van der Waals surface area contributed by atoms with Crippen molar-refractivity contribution in [3.05, 3.63) is 92.6 Å². The average molecular weight is 1080 g/mol. The van der Waals surface area contributed by atoms with E-state index in [-0.39, 0.29) is 110 Å². The molecule has 0 spiro atoms. The number of hydrogen-bond donors (Lipinski definition) is 6. The van der Waals surface area contributed by atoms with Crippen LogP contribution in [-0.2, 0) is 19.2 Å². The van der Waals surface area contributed by atoms with E-state index >= 15 is 0 Å². The molecular formula is C65H93ClN2O9. The number of carboxylic acids is 1. The molecule has 12 rings (SSSR count). The highest BCUT2D eigenvalue weighted by atomic mass is 35.5. The maximum Gasteiger partial charge on any atom is 0.309 e. The monoisotopic (exact) mass is 1080 g/mol. The summed E-state index contributed by atoms with van der Waals surface area (Å²) in [6.07, 6.45) is 25.6. The second-order valence-corrected chi connectivity index (χ2v) is 28.7. The van der Waals surface area contributed by atoms with Gasteiger partial charge >= 0.3 is 5.97 Å². The number of β-amino-alcohol motifs (C(OH)–C–C–N with tert-alkyl or cyclic N) is 2. The van der Waals surface area contributed by atoms with E-state index in [0.29, 0.717) is 36.1 Å². The Morgan fingerprint density at radius 3 is 1.30 bits per heavy atom. The first kappa shape index (κ1) is 59.1. The predicted molar refractivity (Wildman–Crippen MR) is 305 cm³/mol. The van der Waals surface area contributed by atoms with Crippen LogP contribution in [0.4, 0.5) is 0 Å². The average Bonchev–Trinajstić information content (AvgIpc) is 3.34. The molecule has 1 amide bonds. The van der Waals surface area contributed by atoms with Crippen molar-refractivity contribution in [2.45, 2.75) is 193 Å². The van der Waals surface area contributed by atoms with E-state index in [9.17, 15) is 39.6 Å². The van der Waals surface area contributed by atoms with Crippen LogP contribution in [0.1, 0.15) is 180 Å². The van der Waals surface area contributed by atoms with Gasteiger partial charge in [0, 0.05) is 53.6 Å². The molecule has 0 aromatic carbocycles.